The molecule has 1 saturated heterocycles. The monoisotopic (exact) mass is 344 g/mol. The lowest BCUT2D eigenvalue weighted by molar-refractivity contribution is -0.130. The number of hydrogen-bond donors (Lipinski definition) is 0. The Labute approximate surface area is 147 Å². The highest BCUT2D eigenvalue weighted by molar-refractivity contribution is 7.99. The maximum atomic E-state index is 12.5. The van der Waals surface area contributed by atoms with Crippen LogP contribution in [0.3, 0.4) is 0 Å². The van der Waals surface area contributed by atoms with Crippen molar-refractivity contribution in [1.82, 2.24) is 19.7 Å². The number of benzene rings is 1. The summed E-state index contributed by atoms with van der Waals surface area (Å²) in [7, 11) is 0. The minimum Gasteiger partial charge on any atom is -0.342 e. The van der Waals surface area contributed by atoms with Crippen molar-refractivity contribution < 1.29 is 4.79 Å². The number of carbonyl (C=O) groups excluding carboxylic acids is 1. The van der Waals surface area contributed by atoms with Gasteiger partial charge in [-0.05, 0) is 44.7 Å². The number of aromatic nitrogens is 3. The largest absolute Gasteiger partial charge is 0.342 e. The van der Waals surface area contributed by atoms with Crippen molar-refractivity contribution in [2.24, 2.45) is 5.92 Å². The van der Waals surface area contributed by atoms with E-state index in [0.29, 0.717) is 11.7 Å². The van der Waals surface area contributed by atoms with Gasteiger partial charge < -0.3 is 4.90 Å². The normalized spacial score (nSPS) is 18.0. The molecule has 24 heavy (non-hydrogen) atoms. The lowest BCUT2D eigenvalue weighted by Gasteiger charge is -2.30. The molecule has 1 unspecified atom stereocenters. The molecule has 2 aromatic rings. The quantitative estimate of drug-likeness (QED) is 0.799. The Morgan fingerprint density at radius 1 is 1.25 bits per heavy atom. The Balaban J connectivity index is 1.70. The average Bonchev–Trinajstić information content (AvgIpc) is 2.94. The van der Waals surface area contributed by atoms with Crippen LogP contribution in [0.15, 0.2) is 29.4 Å². The summed E-state index contributed by atoms with van der Waals surface area (Å²) in [5.41, 5.74) is 2.25. The number of hydrogen-bond acceptors (Lipinski definition) is 4. The van der Waals surface area contributed by atoms with Gasteiger partial charge in [-0.15, -0.1) is 10.2 Å². The van der Waals surface area contributed by atoms with E-state index in [9.17, 15) is 4.79 Å². The first-order chi connectivity index (χ1) is 11.5. The van der Waals surface area contributed by atoms with Gasteiger partial charge in [0.25, 0.3) is 0 Å². The van der Waals surface area contributed by atoms with Crippen LogP contribution in [0.1, 0.15) is 31.2 Å². The third-order valence-electron chi connectivity index (χ3n) is 4.42. The molecule has 1 aromatic heterocycles. The highest BCUT2D eigenvalue weighted by atomic mass is 32.2. The first-order valence-electron chi connectivity index (χ1n) is 8.44. The summed E-state index contributed by atoms with van der Waals surface area (Å²) in [4.78, 5) is 14.5. The minimum atomic E-state index is 0.197. The summed E-state index contributed by atoms with van der Waals surface area (Å²) < 4.78 is 2.01. The predicted molar refractivity (Wildman–Crippen MR) is 96.5 cm³/mol. The maximum Gasteiger partial charge on any atom is 0.233 e. The lowest BCUT2D eigenvalue weighted by atomic mass is 10.0. The highest BCUT2D eigenvalue weighted by Crippen LogP contribution is 2.23. The average molecular weight is 344 g/mol. The van der Waals surface area contributed by atoms with Crippen LogP contribution >= 0.6 is 11.8 Å². The fourth-order valence-electron chi connectivity index (χ4n) is 3.06. The van der Waals surface area contributed by atoms with E-state index in [-0.39, 0.29) is 5.91 Å². The molecule has 1 aromatic carbocycles. The van der Waals surface area contributed by atoms with Gasteiger partial charge in [-0.2, -0.15) is 0 Å². The molecule has 128 valence electrons. The van der Waals surface area contributed by atoms with Crippen molar-refractivity contribution in [3.8, 4) is 5.69 Å². The van der Waals surface area contributed by atoms with Crippen molar-refractivity contribution in [3.05, 3.63) is 35.7 Å². The highest BCUT2D eigenvalue weighted by Gasteiger charge is 2.22. The standard InChI is InChI=1S/C18H24N4OS/c1-13-6-8-16(9-7-13)22-15(3)19-20-18(22)24-12-17(23)21-10-4-5-14(2)11-21/h6-9,14H,4-5,10-12H2,1-3H3. The molecule has 2 heterocycles. The number of nitrogens with zero attached hydrogens (tertiary/aromatic N) is 4. The van der Waals surface area contributed by atoms with E-state index in [1.165, 1.54) is 23.7 Å². The number of amides is 1. The van der Waals surface area contributed by atoms with E-state index >= 15 is 0 Å². The molecule has 0 radical (unpaired) electrons. The third-order valence-corrected chi connectivity index (χ3v) is 5.34. The number of carbonyl (C=O) groups is 1. The second kappa shape index (κ2) is 7.38. The van der Waals surface area contributed by atoms with Gasteiger partial charge in [-0.1, -0.05) is 36.4 Å². The SMILES string of the molecule is Cc1ccc(-n2c(C)nnc2SCC(=O)N2CCCC(C)C2)cc1. The summed E-state index contributed by atoms with van der Waals surface area (Å²) in [5, 5.41) is 9.21. The summed E-state index contributed by atoms with van der Waals surface area (Å²) in [6.45, 7) is 7.97. The molecule has 0 N–H and O–H groups in total. The molecule has 0 saturated carbocycles. The van der Waals surface area contributed by atoms with Crippen molar-refractivity contribution in [2.45, 2.75) is 38.8 Å². The van der Waals surface area contributed by atoms with E-state index < -0.39 is 0 Å². The van der Waals surface area contributed by atoms with Crippen LogP contribution in [0.5, 0.6) is 0 Å². The Bertz CT molecular complexity index is 710. The van der Waals surface area contributed by atoms with Gasteiger partial charge in [0.05, 0.1) is 5.75 Å². The molecule has 1 fully saturated rings. The Kier molecular flexibility index (Phi) is 5.23. The summed E-state index contributed by atoms with van der Waals surface area (Å²) in [6.07, 6.45) is 2.33. The Morgan fingerprint density at radius 2 is 2.00 bits per heavy atom. The molecule has 1 amide bonds. The van der Waals surface area contributed by atoms with E-state index in [1.54, 1.807) is 0 Å². The van der Waals surface area contributed by atoms with Crippen LogP contribution in [0.2, 0.25) is 0 Å². The summed E-state index contributed by atoms with van der Waals surface area (Å²) in [5.74, 6) is 2.05. The number of thioether (sulfide) groups is 1. The molecule has 6 heteroatoms. The van der Waals surface area contributed by atoms with E-state index in [2.05, 4.69) is 48.3 Å². The second-order valence-corrected chi connectivity index (χ2v) is 7.52. The van der Waals surface area contributed by atoms with Crippen LogP contribution in [0, 0.1) is 19.8 Å². The van der Waals surface area contributed by atoms with Crippen LogP contribution < -0.4 is 0 Å². The molecule has 0 aliphatic carbocycles. The van der Waals surface area contributed by atoms with Gasteiger partial charge in [0, 0.05) is 18.8 Å². The zero-order valence-corrected chi connectivity index (χ0v) is 15.3. The number of aryl methyl sites for hydroxylation is 2. The Morgan fingerprint density at radius 3 is 2.71 bits per heavy atom. The minimum absolute atomic E-state index is 0.197. The first kappa shape index (κ1) is 17.0. The fraction of sp³-hybridized carbons (Fsp3) is 0.500. The molecule has 0 spiro atoms. The van der Waals surface area contributed by atoms with Gasteiger partial charge in [0.2, 0.25) is 5.91 Å². The van der Waals surface area contributed by atoms with Crippen molar-refractivity contribution in [2.75, 3.05) is 18.8 Å². The lowest BCUT2D eigenvalue weighted by Crippen LogP contribution is -2.40. The maximum absolute atomic E-state index is 12.5. The smallest absolute Gasteiger partial charge is 0.233 e. The molecule has 1 atom stereocenters. The van der Waals surface area contributed by atoms with Crippen LogP contribution in [-0.4, -0.2) is 44.4 Å². The van der Waals surface area contributed by atoms with Crippen LogP contribution in [0.4, 0.5) is 0 Å². The third kappa shape index (κ3) is 3.80. The van der Waals surface area contributed by atoms with Gasteiger partial charge in [0.1, 0.15) is 5.82 Å². The number of likely N-dealkylation sites (tertiary alicyclic amines) is 1. The van der Waals surface area contributed by atoms with Crippen LogP contribution in [-0.2, 0) is 4.79 Å². The first-order valence-corrected chi connectivity index (χ1v) is 9.43. The van der Waals surface area contributed by atoms with Crippen molar-refractivity contribution >= 4 is 17.7 Å². The van der Waals surface area contributed by atoms with Gasteiger partial charge in [0.15, 0.2) is 5.16 Å². The zero-order valence-electron chi connectivity index (χ0n) is 14.5. The van der Waals surface area contributed by atoms with Crippen molar-refractivity contribution in [3.63, 3.8) is 0 Å². The molecule has 5 nitrogen and oxygen atoms in total. The predicted octanol–water partition coefficient (Wildman–Crippen LogP) is 3.23. The summed E-state index contributed by atoms with van der Waals surface area (Å²) in [6, 6.07) is 8.26. The van der Waals surface area contributed by atoms with E-state index in [0.717, 1.165) is 36.2 Å². The van der Waals surface area contributed by atoms with E-state index in [4.69, 9.17) is 0 Å². The van der Waals surface area contributed by atoms with Crippen LogP contribution in [0.25, 0.3) is 5.69 Å². The molecular formula is C18H24N4OS. The molecule has 0 bridgehead atoms. The molecule has 3 rings (SSSR count). The summed E-state index contributed by atoms with van der Waals surface area (Å²) >= 11 is 1.47. The topological polar surface area (TPSA) is 51.0 Å². The zero-order chi connectivity index (χ0) is 17.1. The number of piperidine rings is 1. The van der Waals surface area contributed by atoms with Gasteiger partial charge >= 0.3 is 0 Å². The number of rotatable bonds is 4. The Hall–Kier alpha value is -1.82. The van der Waals surface area contributed by atoms with Gasteiger partial charge in [-0.3, -0.25) is 9.36 Å². The molecular weight excluding hydrogens is 320 g/mol. The fourth-order valence-corrected chi connectivity index (χ4v) is 3.96. The molecule has 1 aliphatic heterocycles. The van der Waals surface area contributed by atoms with Gasteiger partial charge in [-0.25, -0.2) is 0 Å². The molecule has 1 aliphatic rings. The van der Waals surface area contributed by atoms with Crippen molar-refractivity contribution in [1.29, 1.82) is 0 Å². The second-order valence-electron chi connectivity index (χ2n) is 6.58. The van der Waals surface area contributed by atoms with E-state index in [1.807, 2.05) is 16.4 Å².